The molecule has 0 aliphatic heterocycles. The van der Waals surface area contributed by atoms with Crippen molar-refractivity contribution >= 4 is 28.4 Å². The van der Waals surface area contributed by atoms with Crippen LogP contribution in [0.15, 0.2) is 94.5 Å². The van der Waals surface area contributed by atoms with Crippen LogP contribution in [0.5, 0.6) is 11.5 Å². The average molecular weight is 621 g/mol. The molecule has 0 saturated carbocycles. The van der Waals surface area contributed by atoms with Gasteiger partial charge >= 0.3 is 5.69 Å². The zero-order chi connectivity index (χ0) is 32.8. The SMILES string of the molecule is COc1ccc(CCNC(=O)c2ccc(Cn3c(=O)c4ccccc4n(CC(=O)Nc4ccc(C)cc4C)c3=O)cc2)cc1OC. The number of ether oxygens (including phenoxy) is 2. The van der Waals surface area contributed by atoms with Gasteiger partial charge in [0.1, 0.15) is 6.54 Å². The van der Waals surface area contributed by atoms with Crippen LogP contribution in [0.25, 0.3) is 10.9 Å². The number of hydrogen-bond donors (Lipinski definition) is 2. The van der Waals surface area contributed by atoms with Gasteiger partial charge in [0.2, 0.25) is 5.91 Å². The number of nitrogens with one attached hydrogen (secondary N) is 2. The van der Waals surface area contributed by atoms with Gasteiger partial charge in [-0.05, 0) is 79.4 Å². The summed E-state index contributed by atoms with van der Waals surface area (Å²) in [4.78, 5) is 52.9. The maximum Gasteiger partial charge on any atom is 0.332 e. The zero-order valence-corrected chi connectivity index (χ0v) is 26.3. The third kappa shape index (κ3) is 7.02. The first-order valence-electron chi connectivity index (χ1n) is 14.9. The quantitative estimate of drug-likeness (QED) is 0.225. The molecular formula is C36H36N4O6. The van der Waals surface area contributed by atoms with Gasteiger partial charge in [-0.1, -0.05) is 48.0 Å². The van der Waals surface area contributed by atoms with E-state index in [2.05, 4.69) is 10.6 Å². The molecule has 0 radical (unpaired) electrons. The number of hydrogen-bond acceptors (Lipinski definition) is 6. The van der Waals surface area contributed by atoms with Crippen LogP contribution in [0.1, 0.15) is 32.6 Å². The first-order valence-corrected chi connectivity index (χ1v) is 14.9. The van der Waals surface area contributed by atoms with E-state index in [1.165, 1.54) is 4.57 Å². The Morgan fingerprint density at radius 3 is 2.22 bits per heavy atom. The van der Waals surface area contributed by atoms with Crippen molar-refractivity contribution in [3.63, 3.8) is 0 Å². The molecule has 4 aromatic carbocycles. The highest BCUT2D eigenvalue weighted by molar-refractivity contribution is 5.94. The average Bonchev–Trinajstić information content (AvgIpc) is 3.06. The van der Waals surface area contributed by atoms with E-state index in [9.17, 15) is 19.2 Å². The highest BCUT2D eigenvalue weighted by Gasteiger charge is 2.17. The van der Waals surface area contributed by atoms with Gasteiger partial charge < -0.3 is 20.1 Å². The number of aromatic nitrogens is 2. The number of anilines is 1. The first kappa shape index (κ1) is 31.8. The smallest absolute Gasteiger partial charge is 0.332 e. The van der Waals surface area contributed by atoms with Gasteiger partial charge in [0.25, 0.3) is 11.5 Å². The monoisotopic (exact) mass is 620 g/mol. The van der Waals surface area contributed by atoms with Crippen molar-refractivity contribution < 1.29 is 19.1 Å². The fourth-order valence-electron chi connectivity index (χ4n) is 5.35. The van der Waals surface area contributed by atoms with Gasteiger partial charge in [0, 0.05) is 17.8 Å². The van der Waals surface area contributed by atoms with Gasteiger partial charge in [-0.25, -0.2) is 4.79 Å². The van der Waals surface area contributed by atoms with Crippen molar-refractivity contribution in [3.8, 4) is 11.5 Å². The third-order valence-electron chi connectivity index (χ3n) is 7.79. The number of para-hydroxylation sites is 1. The Labute approximate surface area is 266 Å². The van der Waals surface area contributed by atoms with Gasteiger partial charge in [-0.2, -0.15) is 0 Å². The normalized spacial score (nSPS) is 10.9. The maximum atomic E-state index is 13.7. The summed E-state index contributed by atoms with van der Waals surface area (Å²) in [6.07, 6.45) is 0.601. The minimum Gasteiger partial charge on any atom is -0.493 e. The number of amides is 2. The van der Waals surface area contributed by atoms with E-state index in [0.717, 1.165) is 21.3 Å². The number of rotatable bonds is 11. The van der Waals surface area contributed by atoms with Crippen LogP contribution in [0.3, 0.4) is 0 Å². The summed E-state index contributed by atoms with van der Waals surface area (Å²) < 4.78 is 13.0. The van der Waals surface area contributed by atoms with E-state index >= 15 is 0 Å². The van der Waals surface area contributed by atoms with Crippen molar-refractivity contribution in [2.45, 2.75) is 33.4 Å². The number of nitrogens with zero attached hydrogens (tertiary/aromatic N) is 2. The Kier molecular flexibility index (Phi) is 9.66. The summed E-state index contributed by atoms with van der Waals surface area (Å²) in [5, 5.41) is 6.12. The number of benzene rings is 4. The largest absolute Gasteiger partial charge is 0.493 e. The van der Waals surface area contributed by atoms with Crippen LogP contribution in [0.4, 0.5) is 5.69 Å². The number of fused-ring (bicyclic) bond motifs is 1. The lowest BCUT2D eigenvalue weighted by atomic mass is 10.1. The van der Waals surface area contributed by atoms with E-state index < -0.39 is 11.2 Å². The molecule has 0 spiro atoms. The van der Waals surface area contributed by atoms with E-state index in [1.807, 2.05) is 50.2 Å². The van der Waals surface area contributed by atoms with Crippen LogP contribution in [0.2, 0.25) is 0 Å². The fourth-order valence-corrected chi connectivity index (χ4v) is 5.35. The van der Waals surface area contributed by atoms with Gasteiger partial charge in [-0.15, -0.1) is 0 Å². The number of carbonyl (C=O) groups is 2. The molecule has 0 atom stereocenters. The van der Waals surface area contributed by atoms with E-state index in [4.69, 9.17) is 9.47 Å². The Hall–Kier alpha value is -5.64. The van der Waals surface area contributed by atoms with Crippen LogP contribution < -0.4 is 31.4 Å². The first-order chi connectivity index (χ1) is 22.2. The fraction of sp³-hybridized carbons (Fsp3) is 0.222. The second kappa shape index (κ2) is 14.0. The zero-order valence-electron chi connectivity index (χ0n) is 26.3. The lowest BCUT2D eigenvalue weighted by Crippen LogP contribution is -2.42. The Morgan fingerprint density at radius 2 is 1.50 bits per heavy atom. The number of methoxy groups -OCH3 is 2. The summed E-state index contributed by atoms with van der Waals surface area (Å²) in [5.74, 6) is 0.636. The lowest BCUT2D eigenvalue weighted by molar-refractivity contribution is -0.116. The molecule has 10 heteroatoms. The standard InChI is InChI=1S/C36H36N4O6/c1-23-9-15-29(24(2)19-23)38-33(41)22-39-30-8-6-5-7-28(30)35(43)40(36(39)44)21-26-10-13-27(14-11-26)34(42)37-18-17-25-12-16-31(45-3)32(20-25)46-4/h5-16,19-20H,17-18,21-22H2,1-4H3,(H,37,42)(H,38,41). The third-order valence-corrected chi connectivity index (χ3v) is 7.79. The topological polar surface area (TPSA) is 121 Å². The molecule has 1 aromatic heterocycles. The molecular weight excluding hydrogens is 584 g/mol. The van der Waals surface area contributed by atoms with Gasteiger partial charge in [-0.3, -0.25) is 23.5 Å². The van der Waals surface area contributed by atoms with E-state index in [-0.39, 0.29) is 24.9 Å². The molecule has 10 nitrogen and oxygen atoms in total. The Balaban J connectivity index is 1.30. The van der Waals surface area contributed by atoms with Crippen LogP contribution >= 0.6 is 0 Å². The Morgan fingerprint density at radius 1 is 0.783 bits per heavy atom. The highest BCUT2D eigenvalue weighted by Crippen LogP contribution is 2.27. The van der Waals surface area contributed by atoms with Crippen LogP contribution in [0, 0.1) is 13.8 Å². The van der Waals surface area contributed by atoms with E-state index in [0.29, 0.717) is 52.2 Å². The summed E-state index contributed by atoms with van der Waals surface area (Å²) in [6.45, 7) is 4.00. The molecule has 0 aliphatic carbocycles. The highest BCUT2D eigenvalue weighted by atomic mass is 16.5. The minimum atomic E-state index is -0.600. The summed E-state index contributed by atoms with van der Waals surface area (Å²) >= 11 is 0. The van der Waals surface area contributed by atoms with Crippen molar-refractivity contribution in [1.82, 2.24) is 14.5 Å². The van der Waals surface area contributed by atoms with Crippen LogP contribution in [-0.2, 0) is 24.3 Å². The molecule has 5 rings (SSSR count). The molecule has 236 valence electrons. The molecule has 1 heterocycles. The molecule has 0 fully saturated rings. The molecule has 2 amide bonds. The summed E-state index contributed by atoms with van der Waals surface area (Å²) in [5.41, 5.74) is 4.05. The van der Waals surface area contributed by atoms with Crippen molar-refractivity contribution in [1.29, 1.82) is 0 Å². The van der Waals surface area contributed by atoms with Gasteiger partial charge in [0.05, 0.1) is 31.7 Å². The maximum absolute atomic E-state index is 13.7. The molecule has 5 aromatic rings. The van der Waals surface area contributed by atoms with Crippen molar-refractivity contribution in [2.24, 2.45) is 0 Å². The van der Waals surface area contributed by atoms with Crippen molar-refractivity contribution in [2.75, 3.05) is 26.1 Å². The second-order valence-electron chi connectivity index (χ2n) is 11.0. The predicted molar refractivity (Wildman–Crippen MR) is 178 cm³/mol. The molecule has 0 unspecified atom stereocenters. The number of aryl methyl sites for hydroxylation is 2. The molecule has 46 heavy (non-hydrogen) atoms. The van der Waals surface area contributed by atoms with Crippen molar-refractivity contribution in [3.05, 3.63) is 134 Å². The van der Waals surface area contributed by atoms with E-state index in [1.54, 1.807) is 62.8 Å². The van der Waals surface area contributed by atoms with Crippen LogP contribution in [-0.4, -0.2) is 41.7 Å². The minimum absolute atomic E-state index is 0.0254. The number of carbonyl (C=O) groups excluding carboxylic acids is 2. The molecule has 2 N–H and O–H groups in total. The predicted octanol–water partition coefficient (Wildman–Crippen LogP) is 4.46. The summed E-state index contributed by atoms with van der Waals surface area (Å²) in [6, 6.07) is 24.8. The molecule has 0 bridgehead atoms. The second-order valence-corrected chi connectivity index (χ2v) is 11.0. The van der Waals surface area contributed by atoms with Gasteiger partial charge in [0.15, 0.2) is 11.5 Å². The molecule has 0 saturated heterocycles. The lowest BCUT2D eigenvalue weighted by Gasteiger charge is -2.15. The summed E-state index contributed by atoms with van der Waals surface area (Å²) in [7, 11) is 3.15. The Bertz CT molecular complexity index is 2030. The molecule has 0 aliphatic rings.